The Morgan fingerprint density at radius 1 is 0.600 bits per heavy atom. The first-order chi connectivity index (χ1) is 20.8. The molecule has 0 aliphatic heterocycles. The molecule has 246 valence electrons. The Balaban J connectivity index is 2.14. The predicted molar refractivity (Wildman–Crippen MR) is 148 cm³/mol. The van der Waals surface area contributed by atoms with Gasteiger partial charge >= 0.3 is 25.9 Å². The molecule has 3 rings (SSSR count). The van der Waals surface area contributed by atoms with Gasteiger partial charge in [0.15, 0.2) is 0 Å². The minimum atomic E-state index is -4.74. The zero-order chi connectivity index (χ0) is 33.8. The van der Waals surface area contributed by atoms with Gasteiger partial charge in [-0.25, -0.2) is 0 Å². The van der Waals surface area contributed by atoms with Crippen LogP contribution in [0.15, 0.2) is 66.7 Å². The van der Waals surface area contributed by atoms with Crippen LogP contribution in [0.5, 0.6) is 17.2 Å². The van der Waals surface area contributed by atoms with E-state index < -0.39 is 48.3 Å². The van der Waals surface area contributed by atoms with Crippen LogP contribution >= 0.6 is 0 Å². The molecule has 0 N–H and O–H groups in total. The van der Waals surface area contributed by atoms with Gasteiger partial charge in [0.25, 0.3) is 0 Å². The number of rotatable bonds is 12. The third-order valence-electron chi connectivity index (χ3n) is 7.71. The highest BCUT2D eigenvalue weighted by molar-refractivity contribution is 6.39. The summed E-state index contributed by atoms with van der Waals surface area (Å²) in [7, 11) is -0.101. The van der Waals surface area contributed by atoms with Crippen LogP contribution in [0.25, 0.3) is 0 Å². The number of hydrogen-bond donors (Lipinski definition) is 0. The molecule has 0 radical (unpaired) electrons. The van der Waals surface area contributed by atoms with Crippen LogP contribution in [0.2, 0.25) is 0 Å². The van der Waals surface area contributed by atoms with E-state index in [0.29, 0.717) is 13.1 Å². The van der Waals surface area contributed by atoms with E-state index in [1.165, 1.54) is 0 Å². The molecule has 5 nitrogen and oxygen atoms in total. The monoisotopic (exact) mass is 652 g/mol. The summed E-state index contributed by atoms with van der Waals surface area (Å²) in [6.07, 6.45) is -14.0. The standard InChI is InChI=1S/C30H32BF9NO4/c1-6-41(5,7-2)27(4,42-8-3)25-19-22(30(38,39)40)13-18-26(25)45-31(43-23-14-9-20(10-15-23)28(32,33)34)44-24-16-11-21(12-17-24)29(35,36)37/h9-19H,6-8H2,1-5H3/q+1. The van der Waals surface area contributed by atoms with Crippen molar-refractivity contribution in [3.63, 3.8) is 0 Å². The Bertz CT molecular complexity index is 1350. The zero-order valence-corrected chi connectivity index (χ0v) is 25.0. The number of hydrogen-bond acceptors (Lipinski definition) is 4. The van der Waals surface area contributed by atoms with Gasteiger partial charge in [0.05, 0.1) is 49.0 Å². The van der Waals surface area contributed by atoms with Crippen LogP contribution in [-0.2, 0) is 29.0 Å². The van der Waals surface area contributed by atoms with Crippen molar-refractivity contribution < 1.29 is 62.7 Å². The molecule has 45 heavy (non-hydrogen) atoms. The number of halogens is 9. The number of benzene rings is 3. The molecule has 1 atom stereocenters. The molecule has 0 aliphatic rings. The molecule has 0 saturated heterocycles. The summed E-state index contributed by atoms with van der Waals surface area (Å²) in [4.78, 5) is 0. The molecule has 3 aromatic rings. The highest BCUT2D eigenvalue weighted by atomic mass is 19.4. The second kappa shape index (κ2) is 13.4. The lowest BCUT2D eigenvalue weighted by molar-refractivity contribution is -0.988. The highest BCUT2D eigenvalue weighted by Gasteiger charge is 2.49. The first kappa shape index (κ1) is 35.9. The van der Waals surface area contributed by atoms with Crippen molar-refractivity contribution in [3.8, 4) is 17.2 Å². The lowest BCUT2D eigenvalue weighted by Crippen LogP contribution is -2.60. The quantitative estimate of drug-likeness (QED) is 0.0848. The molecule has 0 bridgehead atoms. The van der Waals surface area contributed by atoms with E-state index in [1.54, 1.807) is 20.9 Å². The summed E-state index contributed by atoms with van der Waals surface area (Å²) < 4.78 is 144. The SMILES string of the molecule is CCOC(C)(c1cc(C(F)(F)F)ccc1OB(Oc1ccc(C(F)(F)F)cc1)Oc1ccc(C(F)(F)F)cc1)[N+](C)(CC)CC. The zero-order valence-electron chi connectivity index (χ0n) is 25.0. The van der Waals surface area contributed by atoms with Gasteiger partial charge in [-0.2, -0.15) is 39.5 Å². The maximum absolute atomic E-state index is 13.9. The largest absolute Gasteiger partial charge is 0.864 e. The van der Waals surface area contributed by atoms with Crippen LogP contribution in [-0.4, -0.2) is 38.5 Å². The summed E-state index contributed by atoms with van der Waals surface area (Å²) in [6.45, 7) is 7.90. The van der Waals surface area contributed by atoms with Crippen LogP contribution < -0.4 is 14.0 Å². The third kappa shape index (κ3) is 8.37. The maximum atomic E-state index is 13.9. The Labute approximate surface area is 255 Å². The fourth-order valence-corrected chi connectivity index (χ4v) is 4.65. The van der Waals surface area contributed by atoms with Gasteiger partial charge in [-0.15, -0.1) is 0 Å². The lowest BCUT2D eigenvalue weighted by Gasteiger charge is -2.48. The number of ether oxygens (including phenoxy) is 1. The summed E-state index contributed by atoms with van der Waals surface area (Å²) in [5, 5.41) is 0. The van der Waals surface area contributed by atoms with Crippen molar-refractivity contribution in [1.82, 2.24) is 0 Å². The first-order valence-electron chi connectivity index (χ1n) is 13.8. The molecule has 3 aromatic carbocycles. The van der Waals surface area contributed by atoms with Crippen molar-refractivity contribution in [3.05, 3.63) is 89.0 Å². The molecular weight excluding hydrogens is 620 g/mol. The lowest BCUT2D eigenvalue weighted by atomic mass is 9.95. The molecule has 0 heterocycles. The van der Waals surface area contributed by atoms with Gasteiger partial charge in [-0.3, -0.25) is 4.48 Å². The van der Waals surface area contributed by atoms with Crippen molar-refractivity contribution in [2.24, 2.45) is 0 Å². The molecule has 0 saturated carbocycles. The first-order valence-corrected chi connectivity index (χ1v) is 13.8. The fourth-order valence-electron chi connectivity index (χ4n) is 4.65. The summed E-state index contributed by atoms with van der Waals surface area (Å²) >= 11 is 0. The van der Waals surface area contributed by atoms with Gasteiger partial charge in [0.2, 0.25) is 5.72 Å². The molecule has 0 aromatic heterocycles. The minimum absolute atomic E-state index is 0.0394. The van der Waals surface area contributed by atoms with E-state index >= 15 is 0 Å². The molecule has 0 spiro atoms. The number of alkyl halides is 9. The topological polar surface area (TPSA) is 36.9 Å². The van der Waals surface area contributed by atoms with Crippen molar-refractivity contribution in [2.45, 2.75) is 51.9 Å². The molecule has 0 amide bonds. The Morgan fingerprint density at radius 2 is 1.00 bits per heavy atom. The summed E-state index contributed by atoms with van der Waals surface area (Å²) in [5.41, 5.74) is -4.43. The maximum Gasteiger partial charge on any atom is 0.864 e. The predicted octanol–water partition coefficient (Wildman–Crippen LogP) is 8.96. The number of quaternary nitrogens is 1. The van der Waals surface area contributed by atoms with Gasteiger partial charge in [0.1, 0.15) is 17.2 Å². The highest BCUT2D eigenvalue weighted by Crippen LogP contribution is 2.43. The van der Waals surface area contributed by atoms with Gasteiger partial charge in [-0.05, 0) is 87.5 Å². The Kier molecular flexibility index (Phi) is 10.7. The molecule has 15 heteroatoms. The van der Waals surface area contributed by atoms with Crippen LogP contribution in [0.3, 0.4) is 0 Å². The minimum Gasteiger partial charge on any atom is -0.490 e. The van der Waals surface area contributed by atoms with Gasteiger partial charge < -0.3 is 18.7 Å². The Morgan fingerprint density at radius 3 is 1.36 bits per heavy atom. The third-order valence-corrected chi connectivity index (χ3v) is 7.71. The van der Waals surface area contributed by atoms with E-state index in [2.05, 4.69) is 0 Å². The van der Waals surface area contributed by atoms with Crippen molar-refractivity contribution in [1.29, 1.82) is 0 Å². The van der Waals surface area contributed by atoms with Crippen molar-refractivity contribution >= 4 is 7.32 Å². The average Bonchev–Trinajstić information content (AvgIpc) is 2.96. The molecule has 0 aliphatic carbocycles. The normalized spacial score (nSPS) is 14.1. The second-order valence-corrected chi connectivity index (χ2v) is 10.3. The molecule has 1 unspecified atom stereocenters. The van der Waals surface area contributed by atoms with Gasteiger partial charge in [-0.1, -0.05) is 0 Å². The molecular formula is C30H32BF9NO4+. The fraction of sp³-hybridized carbons (Fsp3) is 0.400. The molecule has 0 fully saturated rings. The number of nitrogens with zero attached hydrogens (tertiary/aromatic N) is 1. The summed E-state index contributed by atoms with van der Waals surface area (Å²) in [6, 6.07) is 9.45. The van der Waals surface area contributed by atoms with Crippen LogP contribution in [0, 0.1) is 0 Å². The van der Waals surface area contributed by atoms with E-state index in [1.807, 2.05) is 13.8 Å². The van der Waals surface area contributed by atoms with Crippen LogP contribution in [0.4, 0.5) is 39.5 Å². The van der Waals surface area contributed by atoms with Crippen LogP contribution in [0.1, 0.15) is 49.9 Å². The summed E-state index contributed by atoms with van der Waals surface area (Å²) in [5.74, 6) is -0.568. The van der Waals surface area contributed by atoms with E-state index in [0.717, 1.165) is 66.7 Å². The second-order valence-electron chi connectivity index (χ2n) is 10.3. The average molecular weight is 652 g/mol. The van der Waals surface area contributed by atoms with Crippen molar-refractivity contribution in [2.75, 3.05) is 26.7 Å². The Hall–Kier alpha value is -3.59. The van der Waals surface area contributed by atoms with Gasteiger partial charge in [0, 0.05) is 6.92 Å². The van der Waals surface area contributed by atoms with E-state index in [-0.39, 0.29) is 33.9 Å². The van der Waals surface area contributed by atoms with E-state index in [9.17, 15) is 39.5 Å². The smallest absolute Gasteiger partial charge is 0.490 e. The van der Waals surface area contributed by atoms with E-state index in [4.69, 9.17) is 18.7 Å².